The van der Waals surface area contributed by atoms with Crippen molar-refractivity contribution in [1.29, 1.82) is 0 Å². The van der Waals surface area contributed by atoms with Crippen LogP contribution < -0.4 is 0 Å². The van der Waals surface area contributed by atoms with Gasteiger partial charge < -0.3 is 10.0 Å². The molecular weight excluding hydrogens is 274 g/mol. The Labute approximate surface area is 136 Å². The summed E-state index contributed by atoms with van der Waals surface area (Å²) in [7, 11) is 0. The molecule has 1 atom stereocenters. The van der Waals surface area contributed by atoms with Crippen molar-refractivity contribution < 1.29 is 9.90 Å². The summed E-state index contributed by atoms with van der Waals surface area (Å²) in [5.41, 5.74) is 0.470. The van der Waals surface area contributed by atoms with E-state index in [1.54, 1.807) is 0 Å². The van der Waals surface area contributed by atoms with Crippen LogP contribution in [0, 0.1) is 23.2 Å². The fraction of sp³-hybridized carbons (Fsp3) is 0.947. The Hall–Kier alpha value is -0.570. The molecule has 2 rings (SSSR count). The van der Waals surface area contributed by atoms with Gasteiger partial charge in [-0.3, -0.25) is 4.79 Å². The van der Waals surface area contributed by atoms with Crippen molar-refractivity contribution in [2.45, 2.75) is 72.1 Å². The largest absolute Gasteiger partial charge is 0.481 e. The van der Waals surface area contributed by atoms with Crippen LogP contribution in [-0.2, 0) is 4.79 Å². The summed E-state index contributed by atoms with van der Waals surface area (Å²) >= 11 is 0. The number of likely N-dealkylation sites (tertiary alicyclic amines) is 1. The van der Waals surface area contributed by atoms with E-state index in [1.807, 2.05) is 0 Å². The Balaban J connectivity index is 1.71. The van der Waals surface area contributed by atoms with E-state index in [0.717, 1.165) is 24.8 Å². The van der Waals surface area contributed by atoms with Crippen LogP contribution >= 0.6 is 0 Å². The molecular formula is C19H35NO2. The van der Waals surface area contributed by atoms with Crippen LogP contribution in [0.1, 0.15) is 72.1 Å². The standard InChI is InChI=1S/C19H35NO2/c1-19(2,3)17-9-6-16(7-10-17)14-20-12-4-5-15(13-20)8-11-18(21)22/h15-17H,4-14H2,1-3H3,(H,21,22). The molecule has 0 aromatic carbocycles. The van der Waals surface area contributed by atoms with Crippen molar-refractivity contribution >= 4 is 5.97 Å². The van der Waals surface area contributed by atoms with Gasteiger partial charge in [0.05, 0.1) is 0 Å². The Bertz CT molecular complexity index is 353. The van der Waals surface area contributed by atoms with Gasteiger partial charge >= 0.3 is 5.97 Å². The number of hydrogen-bond donors (Lipinski definition) is 1. The van der Waals surface area contributed by atoms with E-state index in [0.29, 0.717) is 17.8 Å². The lowest BCUT2D eigenvalue weighted by molar-refractivity contribution is -0.137. The van der Waals surface area contributed by atoms with E-state index in [2.05, 4.69) is 25.7 Å². The second-order valence-corrected chi connectivity index (χ2v) is 8.78. The molecule has 2 aliphatic rings. The molecule has 1 N–H and O–H groups in total. The molecule has 1 heterocycles. The number of nitrogens with zero attached hydrogens (tertiary/aromatic N) is 1. The maximum atomic E-state index is 10.7. The Morgan fingerprint density at radius 1 is 1.09 bits per heavy atom. The molecule has 0 bridgehead atoms. The number of carboxylic acids is 1. The Morgan fingerprint density at radius 2 is 1.77 bits per heavy atom. The molecule has 0 radical (unpaired) electrons. The summed E-state index contributed by atoms with van der Waals surface area (Å²) in [5.74, 6) is 1.73. The van der Waals surface area contributed by atoms with E-state index >= 15 is 0 Å². The van der Waals surface area contributed by atoms with Gasteiger partial charge in [-0.05, 0) is 74.7 Å². The van der Waals surface area contributed by atoms with E-state index in [-0.39, 0.29) is 0 Å². The van der Waals surface area contributed by atoms with E-state index < -0.39 is 5.97 Å². The lowest BCUT2D eigenvalue weighted by atomic mass is 9.70. The van der Waals surface area contributed by atoms with Crippen LogP contribution in [0.2, 0.25) is 0 Å². The Kier molecular flexibility index (Phi) is 6.31. The molecule has 1 saturated carbocycles. The molecule has 3 heteroatoms. The topological polar surface area (TPSA) is 40.5 Å². The van der Waals surface area contributed by atoms with E-state index in [4.69, 9.17) is 5.11 Å². The molecule has 22 heavy (non-hydrogen) atoms. The molecule has 1 saturated heterocycles. The van der Waals surface area contributed by atoms with Crippen molar-refractivity contribution in [3.63, 3.8) is 0 Å². The van der Waals surface area contributed by atoms with E-state index in [9.17, 15) is 4.79 Å². The molecule has 2 fully saturated rings. The molecule has 0 amide bonds. The highest BCUT2D eigenvalue weighted by atomic mass is 16.4. The first-order valence-corrected chi connectivity index (χ1v) is 9.28. The monoisotopic (exact) mass is 309 g/mol. The average Bonchev–Trinajstić information content (AvgIpc) is 2.45. The minimum absolute atomic E-state index is 0.342. The van der Waals surface area contributed by atoms with Gasteiger partial charge in [-0.25, -0.2) is 0 Å². The predicted molar refractivity (Wildman–Crippen MR) is 90.9 cm³/mol. The van der Waals surface area contributed by atoms with Gasteiger partial charge in [0.1, 0.15) is 0 Å². The summed E-state index contributed by atoms with van der Waals surface area (Å²) < 4.78 is 0. The third-order valence-corrected chi connectivity index (χ3v) is 5.96. The van der Waals surface area contributed by atoms with Gasteiger partial charge in [-0.1, -0.05) is 20.8 Å². The minimum Gasteiger partial charge on any atom is -0.481 e. The van der Waals surface area contributed by atoms with Gasteiger partial charge in [0.15, 0.2) is 0 Å². The fourth-order valence-corrected chi connectivity index (χ4v) is 4.46. The summed E-state index contributed by atoms with van der Waals surface area (Å²) in [4.78, 5) is 13.4. The fourth-order valence-electron chi connectivity index (χ4n) is 4.46. The summed E-state index contributed by atoms with van der Waals surface area (Å²) in [5, 5.41) is 8.85. The molecule has 128 valence electrons. The lowest BCUT2D eigenvalue weighted by Crippen LogP contribution is -2.40. The maximum absolute atomic E-state index is 10.7. The predicted octanol–water partition coefficient (Wildman–Crippen LogP) is 4.42. The highest BCUT2D eigenvalue weighted by Crippen LogP contribution is 2.40. The highest BCUT2D eigenvalue weighted by Gasteiger charge is 2.31. The summed E-state index contributed by atoms with van der Waals surface area (Å²) in [6.45, 7) is 10.8. The van der Waals surface area contributed by atoms with Crippen LogP contribution in [0.5, 0.6) is 0 Å². The maximum Gasteiger partial charge on any atom is 0.303 e. The van der Waals surface area contributed by atoms with Crippen LogP contribution in [-0.4, -0.2) is 35.6 Å². The Morgan fingerprint density at radius 3 is 2.36 bits per heavy atom. The average molecular weight is 309 g/mol. The highest BCUT2D eigenvalue weighted by molar-refractivity contribution is 5.66. The lowest BCUT2D eigenvalue weighted by Gasteiger charge is -2.40. The van der Waals surface area contributed by atoms with Crippen molar-refractivity contribution in [2.75, 3.05) is 19.6 Å². The smallest absolute Gasteiger partial charge is 0.303 e. The second kappa shape index (κ2) is 7.81. The molecule has 0 aromatic heterocycles. The zero-order valence-electron chi connectivity index (χ0n) is 14.8. The van der Waals surface area contributed by atoms with Crippen LogP contribution in [0.4, 0.5) is 0 Å². The van der Waals surface area contributed by atoms with Gasteiger partial charge in [0.2, 0.25) is 0 Å². The minimum atomic E-state index is -0.641. The first-order chi connectivity index (χ1) is 10.3. The third-order valence-electron chi connectivity index (χ3n) is 5.96. The first-order valence-electron chi connectivity index (χ1n) is 9.28. The summed E-state index contributed by atoms with van der Waals surface area (Å²) in [6.07, 6.45) is 9.24. The van der Waals surface area contributed by atoms with Gasteiger partial charge in [-0.15, -0.1) is 0 Å². The number of aliphatic carboxylic acids is 1. The van der Waals surface area contributed by atoms with Crippen molar-refractivity contribution in [3.05, 3.63) is 0 Å². The van der Waals surface area contributed by atoms with Crippen molar-refractivity contribution in [2.24, 2.45) is 23.2 Å². The zero-order chi connectivity index (χ0) is 16.2. The van der Waals surface area contributed by atoms with Gasteiger partial charge in [0, 0.05) is 19.5 Å². The number of carbonyl (C=O) groups is 1. The van der Waals surface area contributed by atoms with Crippen LogP contribution in [0.25, 0.3) is 0 Å². The molecule has 1 aliphatic heterocycles. The quantitative estimate of drug-likeness (QED) is 0.817. The van der Waals surface area contributed by atoms with E-state index in [1.165, 1.54) is 51.6 Å². The van der Waals surface area contributed by atoms with Crippen LogP contribution in [0.3, 0.4) is 0 Å². The molecule has 0 spiro atoms. The van der Waals surface area contributed by atoms with Crippen molar-refractivity contribution in [3.8, 4) is 0 Å². The summed E-state index contributed by atoms with van der Waals surface area (Å²) in [6, 6.07) is 0. The normalized spacial score (nSPS) is 31.1. The zero-order valence-corrected chi connectivity index (χ0v) is 14.8. The van der Waals surface area contributed by atoms with Crippen LogP contribution in [0.15, 0.2) is 0 Å². The second-order valence-electron chi connectivity index (χ2n) is 8.78. The number of hydrogen-bond acceptors (Lipinski definition) is 2. The van der Waals surface area contributed by atoms with Gasteiger partial charge in [-0.2, -0.15) is 0 Å². The SMILES string of the molecule is CC(C)(C)C1CCC(CN2CCCC(CCC(=O)O)C2)CC1. The number of piperidine rings is 1. The first kappa shape index (κ1) is 17.8. The molecule has 3 nitrogen and oxygen atoms in total. The number of carboxylic acid groups (broad SMARTS) is 1. The number of rotatable bonds is 5. The molecule has 0 aromatic rings. The third kappa shape index (κ3) is 5.57. The molecule has 1 aliphatic carbocycles. The molecule has 1 unspecified atom stereocenters. The van der Waals surface area contributed by atoms with Gasteiger partial charge in [0.25, 0.3) is 0 Å². The van der Waals surface area contributed by atoms with Crippen molar-refractivity contribution in [1.82, 2.24) is 4.90 Å².